The number of hydrogen-bond acceptors (Lipinski definition) is 1. The first-order valence-corrected chi connectivity index (χ1v) is 6.26. The maximum atomic E-state index is 3.41. The van der Waals surface area contributed by atoms with Crippen molar-refractivity contribution in [3.63, 3.8) is 0 Å². The summed E-state index contributed by atoms with van der Waals surface area (Å²) in [6.45, 7) is 13.9. The van der Waals surface area contributed by atoms with Crippen molar-refractivity contribution in [2.45, 2.75) is 60.3 Å². The average molecular weight is 199 g/mol. The lowest BCUT2D eigenvalue weighted by atomic mass is 9.78. The van der Waals surface area contributed by atoms with Crippen LogP contribution in [0.3, 0.4) is 0 Å². The van der Waals surface area contributed by atoms with E-state index in [1.165, 1.54) is 32.2 Å². The molecule has 1 nitrogen and oxygen atoms in total. The summed E-state index contributed by atoms with van der Waals surface area (Å²) < 4.78 is 0. The molecule has 0 fully saturated rings. The van der Waals surface area contributed by atoms with Crippen molar-refractivity contribution in [2.75, 3.05) is 13.1 Å². The van der Waals surface area contributed by atoms with E-state index in [1.807, 2.05) is 0 Å². The van der Waals surface area contributed by atoms with Crippen LogP contribution < -0.4 is 5.32 Å². The van der Waals surface area contributed by atoms with Gasteiger partial charge in [0.25, 0.3) is 0 Å². The predicted octanol–water partition coefficient (Wildman–Crippen LogP) is 3.84. The van der Waals surface area contributed by atoms with E-state index in [4.69, 9.17) is 0 Å². The van der Waals surface area contributed by atoms with Gasteiger partial charge in [-0.3, -0.25) is 0 Å². The normalized spacial score (nSPS) is 12.4. The lowest BCUT2D eigenvalue weighted by Crippen LogP contribution is -2.24. The summed E-state index contributed by atoms with van der Waals surface area (Å²) in [4.78, 5) is 0. The maximum Gasteiger partial charge on any atom is -0.00439 e. The van der Waals surface area contributed by atoms with Crippen molar-refractivity contribution in [3.8, 4) is 0 Å². The van der Waals surface area contributed by atoms with Crippen LogP contribution in [0.15, 0.2) is 0 Å². The molecule has 1 N–H and O–H groups in total. The highest BCUT2D eigenvalue weighted by Gasteiger charge is 2.20. The second-order valence-corrected chi connectivity index (χ2v) is 5.15. The van der Waals surface area contributed by atoms with Crippen molar-refractivity contribution < 1.29 is 0 Å². The fraction of sp³-hybridized carbons (Fsp3) is 1.00. The lowest BCUT2D eigenvalue weighted by molar-refractivity contribution is 0.237. The van der Waals surface area contributed by atoms with Crippen LogP contribution in [-0.4, -0.2) is 13.1 Å². The number of rotatable bonds is 8. The molecule has 0 spiro atoms. The molecule has 0 aliphatic heterocycles. The van der Waals surface area contributed by atoms with Gasteiger partial charge in [0.1, 0.15) is 0 Å². The molecule has 0 aromatic rings. The minimum Gasteiger partial charge on any atom is -0.317 e. The maximum absolute atomic E-state index is 3.41. The highest BCUT2D eigenvalue weighted by atomic mass is 14.8. The highest BCUT2D eigenvalue weighted by molar-refractivity contribution is 4.73. The van der Waals surface area contributed by atoms with E-state index < -0.39 is 0 Å². The molecular weight excluding hydrogens is 170 g/mol. The van der Waals surface area contributed by atoms with Gasteiger partial charge in [-0.05, 0) is 37.3 Å². The van der Waals surface area contributed by atoms with E-state index in [2.05, 4.69) is 39.9 Å². The van der Waals surface area contributed by atoms with Crippen LogP contribution in [0, 0.1) is 11.3 Å². The van der Waals surface area contributed by atoms with E-state index in [-0.39, 0.29) is 0 Å². The smallest absolute Gasteiger partial charge is 0.00439 e. The minimum atomic E-state index is 0.513. The molecule has 0 aromatic carbocycles. The number of nitrogens with one attached hydrogen (secondary N) is 1. The lowest BCUT2D eigenvalue weighted by Gasteiger charge is -2.29. The third-order valence-corrected chi connectivity index (χ3v) is 3.22. The highest BCUT2D eigenvalue weighted by Crippen LogP contribution is 2.31. The van der Waals surface area contributed by atoms with Crippen molar-refractivity contribution in [1.29, 1.82) is 0 Å². The third-order valence-electron chi connectivity index (χ3n) is 3.22. The van der Waals surface area contributed by atoms with Gasteiger partial charge in [0.05, 0.1) is 0 Å². The molecule has 0 saturated heterocycles. The predicted molar refractivity (Wildman–Crippen MR) is 65.6 cm³/mol. The van der Waals surface area contributed by atoms with Gasteiger partial charge >= 0.3 is 0 Å². The average Bonchev–Trinajstić information content (AvgIpc) is 2.14. The van der Waals surface area contributed by atoms with E-state index in [0.29, 0.717) is 5.41 Å². The molecule has 0 aliphatic carbocycles. The van der Waals surface area contributed by atoms with E-state index in [9.17, 15) is 0 Å². The van der Waals surface area contributed by atoms with E-state index in [1.54, 1.807) is 0 Å². The molecule has 0 unspecified atom stereocenters. The van der Waals surface area contributed by atoms with Crippen molar-refractivity contribution in [1.82, 2.24) is 5.32 Å². The van der Waals surface area contributed by atoms with Gasteiger partial charge in [-0.15, -0.1) is 0 Å². The summed E-state index contributed by atoms with van der Waals surface area (Å²) >= 11 is 0. The van der Waals surface area contributed by atoms with Gasteiger partial charge in [-0.2, -0.15) is 0 Å². The standard InChI is InChI=1S/C13H29N/c1-6-12(7-2)11-13(4,5)9-10-14-8-3/h12,14H,6-11H2,1-5H3. The summed E-state index contributed by atoms with van der Waals surface area (Å²) in [6.07, 6.45) is 5.35. The van der Waals surface area contributed by atoms with Crippen LogP contribution in [0.1, 0.15) is 60.3 Å². The van der Waals surface area contributed by atoms with Crippen LogP contribution in [0.4, 0.5) is 0 Å². The minimum absolute atomic E-state index is 0.513. The molecule has 0 bridgehead atoms. The first-order valence-electron chi connectivity index (χ1n) is 6.26. The third kappa shape index (κ3) is 6.42. The Bertz CT molecular complexity index is 125. The zero-order valence-corrected chi connectivity index (χ0v) is 10.8. The van der Waals surface area contributed by atoms with Crippen LogP contribution in [0.2, 0.25) is 0 Å². The molecule has 0 heterocycles. The van der Waals surface area contributed by atoms with Crippen molar-refractivity contribution in [3.05, 3.63) is 0 Å². The second kappa shape index (κ2) is 7.28. The summed E-state index contributed by atoms with van der Waals surface area (Å²) in [7, 11) is 0. The van der Waals surface area contributed by atoms with E-state index >= 15 is 0 Å². The zero-order chi connectivity index (χ0) is 11.0. The first-order chi connectivity index (χ1) is 6.55. The molecule has 0 atom stereocenters. The van der Waals surface area contributed by atoms with Gasteiger partial charge in [-0.1, -0.05) is 47.5 Å². The summed E-state index contributed by atoms with van der Waals surface area (Å²) in [5.41, 5.74) is 0.513. The van der Waals surface area contributed by atoms with Crippen LogP contribution in [0.25, 0.3) is 0 Å². The quantitative estimate of drug-likeness (QED) is 0.586. The molecule has 0 radical (unpaired) electrons. The molecule has 0 rings (SSSR count). The van der Waals surface area contributed by atoms with Crippen molar-refractivity contribution >= 4 is 0 Å². The Balaban J connectivity index is 3.79. The molecule has 1 heteroatoms. The van der Waals surface area contributed by atoms with Crippen LogP contribution >= 0.6 is 0 Å². The summed E-state index contributed by atoms with van der Waals surface area (Å²) in [5.74, 6) is 0.923. The van der Waals surface area contributed by atoms with Gasteiger partial charge in [0.15, 0.2) is 0 Å². The topological polar surface area (TPSA) is 12.0 Å². The van der Waals surface area contributed by atoms with Gasteiger partial charge in [0.2, 0.25) is 0 Å². The fourth-order valence-electron chi connectivity index (χ4n) is 2.06. The fourth-order valence-corrected chi connectivity index (χ4v) is 2.06. The zero-order valence-electron chi connectivity index (χ0n) is 10.8. The summed E-state index contributed by atoms with van der Waals surface area (Å²) in [6, 6.07) is 0. The SMILES string of the molecule is CCNCCC(C)(C)CC(CC)CC. The van der Waals surface area contributed by atoms with Crippen molar-refractivity contribution in [2.24, 2.45) is 11.3 Å². The molecule has 86 valence electrons. The molecule has 0 saturated carbocycles. The Morgan fingerprint density at radius 3 is 2.07 bits per heavy atom. The molecule has 0 aliphatic rings. The van der Waals surface area contributed by atoms with Crippen LogP contribution in [0.5, 0.6) is 0 Å². The van der Waals surface area contributed by atoms with E-state index in [0.717, 1.165) is 12.5 Å². The van der Waals surface area contributed by atoms with Crippen LogP contribution in [-0.2, 0) is 0 Å². The Hall–Kier alpha value is -0.0400. The summed E-state index contributed by atoms with van der Waals surface area (Å²) in [5, 5.41) is 3.41. The Labute approximate surface area is 90.7 Å². The first kappa shape index (κ1) is 14.0. The monoisotopic (exact) mass is 199 g/mol. The molecule has 14 heavy (non-hydrogen) atoms. The van der Waals surface area contributed by atoms with Gasteiger partial charge < -0.3 is 5.32 Å². The Kier molecular flexibility index (Phi) is 7.26. The Morgan fingerprint density at radius 1 is 1.07 bits per heavy atom. The molecular formula is C13H29N. The molecule has 0 aromatic heterocycles. The largest absolute Gasteiger partial charge is 0.317 e. The molecule has 0 amide bonds. The van der Waals surface area contributed by atoms with Gasteiger partial charge in [-0.25, -0.2) is 0 Å². The number of hydrogen-bond donors (Lipinski definition) is 1. The van der Waals surface area contributed by atoms with Gasteiger partial charge in [0, 0.05) is 0 Å². The Morgan fingerprint density at radius 2 is 1.64 bits per heavy atom. The second-order valence-electron chi connectivity index (χ2n) is 5.15.